The van der Waals surface area contributed by atoms with Crippen LogP contribution in [0.25, 0.3) is 0 Å². The molecule has 0 aromatic carbocycles. The first-order valence-electron chi connectivity index (χ1n) is 7.28. The van der Waals surface area contributed by atoms with Gasteiger partial charge in [-0.15, -0.1) is 0 Å². The number of amides is 2. The maximum absolute atomic E-state index is 12.3. The molecule has 0 aromatic heterocycles. The van der Waals surface area contributed by atoms with Crippen molar-refractivity contribution in [1.29, 1.82) is 0 Å². The summed E-state index contributed by atoms with van der Waals surface area (Å²) in [6.07, 6.45) is 2.55. The second-order valence-electron chi connectivity index (χ2n) is 5.99. The van der Waals surface area contributed by atoms with E-state index in [1.54, 1.807) is 0 Å². The van der Waals surface area contributed by atoms with Crippen LogP contribution in [-0.2, 0) is 4.79 Å². The molecule has 0 aliphatic carbocycles. The molecule has 3 aliphatic heterocycles. The number of aliphatic hydroxyl groups is 1. The van der Waals surface area contributed by atoms with Gasteiger partial charge in [0, 0.05) is 31.6 Å². The number of hydrogen-bond donors (Lipinski definition) is 3. The number of likely N-dealkylation sites (tertiary alicyclic amines) is 1. The van der Waals surface area contributed by atoms with Crippen LogP contribution in [0.15, 0.2) is 0 Å². The summed E-state index contributed by atoms with van der Waals surface area (Å²) in [6, 6.07) is -0.759. The fourth-order valence-corrected chi connectivity index (χ4v) is 3.76. The number of carbonyl (C=O) groups is 2. The molecule has 20 heavy (non-hydrogen) atoms. The molecule has 0 bridgehead atoms. The monoisotopic (exact) mass is 283 g/mol. The highest BCUT2D eigenvalue weighted by Gasteiger charge is 2.42. The number of hydrogen-bond acceptors (Lipinski definition) is 4. The highest BCUT2D eigenvalue weighted by atomic mass is 16.4. The summed E-state index contributed by atoms with van der Waals surface area (Å²) in [5.74, 6) is -1.05. The predicted molar refractivity (Wildman–Crippen MR) is 70.3 cm³/mol. The predicted octanol–water partition coefficient (Wildman–Crippen LogP) is -0.547. The lowest BCUT2D eigenvalue weighted by atomic mass is 10.1. The second kappa shape index (κ2) is 5.21. The average Bonchev–Trinajstić information content (AvgIpc) is 3.05. The lowest BCUT2D eigenvalue weighted by Gasteiger charge is -2.26. The number of nitrogens with one attached hydrogen (secondary N) is 1. The van der Waals surface area contributed by atoms with Gasteiger partial charge in [0.2, 0.25) is 0 Å². The first-order chi connectivity index (χ1) is 9.56. The van der Waals surface area contributed by atoms with Gasteiger partial charge in [-0.1, -0.05) is 0 Å². The molecule has 3 heterocycles. The van der Waals surface area contributed by atoms with Crippen LogP contribution in [0.1, 0.15) is 25.7 Å². The van der Waals surface area contributed by atoms with Gasteiger partial charge in [0.1, 0.15) is 6.04 Å². The summed E-state index contributed by atoms with van der Waals surface area (Å²) in [5, 5.41) is 21.7. The maximum Gasteiger partial charge on any atom is 0.326 e. The summed E-state index contributed by atoms with van der Waals surface area (Å²) < 4.78 is 0. The number of β-amino-alcohol motifs (C(OH)–C–C–N with tert-alkyl or cyclic N) is 1. The molecule has 3 rings (SSSR count). The van der Waals surface area contributed by atoms with E-state index in [1.165, 1.54) is 4.90 Å². The maximum atomic E-state index is 12.3. The van der Waals surface area contributed by atoms with Gasteiger partial charge in [0.25, 0.3) is 0 Å². The van der Waals surface area contributed by atoms with E-state index in [2.05, 4.69) is 10.2 Å². The van der Waals surface area contributed by atoms with Crippen molar-refractivity contribution in [2.75, 3.05) is 19.6 Å². The number of aliphatic carboxylic acids is 1. The van der Waals surface area contributed by atoms with E-state index in [1.807, 2.05) is 0 Å². The lowest BCUT2D eigenvalue weighted by Crippen LogP contribution is -2.51. The molecule has 0 aromatic rings. The Morgan fingerprint density at radius 1 is 1.20 bits per heavy atom. The van der Waals surface area contributed by atoms with Crippen LogP contribution in [0.5, 0.6) is 0 Å². The van der Waals surface area contributed by atoms with Gasteiger partial charge in [-0.2, -0.15) is 0 Å². The van der Waals surface area contributed by atoms with E-state index in [0.717, 1.165) is 32.4 Å². The smallest absolute Gasteiger partial charge is 0.326 e. The molecule has 7 nitrogen and oxygen atoms in total. The Balaban J connectivity index is 1.62. The van der Waals surface area contributed by atoms with Crippen LogP contribution < -0.4 is 5.32 Å². The molecule has 0 saturated carbocycles. The fraction of sp³-hybridized carbons (Fsp3) is 0.846. The molecule has 3 unspecified atom stereocenters. The van der Waals surface area contributed by atoms with Crippen molar-refractivity contribution < 1.29 is 19.8 Å². The number of rotatable bonds is 2. The minimum absolute atomic E-state index is 0.101. The van der Waals surface area contributed by atoms with Crippen molar-refractivity contribution in [3.63, 3.8) is 0 Å². The molecule has 4 atom stereocenters. The Hall–Kier alpha value is -1.34. The Bertz CT molecular complexity index is 416. The van der Waals surface area contributed by atoms with Crippen molar-refractivity contribution in [2.24, 2.45) is 0 Å². The quantitative estimate of drug-likeness (QED) is 0.632. The molecule has 3 aliphatic rings. The van der Waals surface area contributed by atoms with Crippen LogP contribution >= 0.6 is 0 Å². The van der Waals surface area contributed by atoms with Gasteiger partial charge < -0.3 is 20.4 Å². The molecular weight excluding hydrogens is 262 g/mol. The van der Waals surface area contributed by atoms with Gasteiger partial charge in [-0.05, 0) is 25.8 Å². The second-order valence-corrected chi connectivity index (χ2v) is 5.99. The van der Waals surface area contributed by atoms with Crippen LogP contribution in [0.4, 0.5) is 4.79 Å². The minimum atomic E-state index is -1.05. The highest BCUT2D eigenvalue weighted by Crippen LogP contribution is 2.28. The normalized spacial score (nSPS) is 37.1. The molecular formula is C13H21N3O4. The topological polar surface area (TPSA) is 93.1 Å². The van der Waals surface area contributed by atoms with Crippen LogP contribution in [0, 0.1) is 0 Å². The zero-order valence-corrected chi connectivity index (χ0v) is 11.4. The number of urea groups is 1. The van der Waals surface area contributed by atoms with Crippen LogP contribution in [-0.4, -0.2) is 75.9 Å². The van der Waals surface area contributed by atoms with Crippen LogP contribution in [0.3, 0.4) is 0 Å². The van der Waals surface area contributed by atoms with Crippen LogP contribution in [0.2, 0.25) is 0 Å². The largest absolute Gasteiger partial charge is 0.480 e. The fourth-order valence-electron chi connectivity index (χ4n) is 3.76. The van der Waals surface area contributed by atoms with E-state index in [-0.39, 0.29) is 25.0 Å². The highest BCUT2D eigenvalue weighted by molar-refractivity contribution is 5.83. The Morgan fingerprint density at radius 3 is 2.75 bits per heavy atom. The lowest BCUT2D eigenvalue weighted by molar-refractivity contribution is -0.141. The molecule has 0 radical (unpaired) electrons. The van der Waals surface area contributed by atoms with E-state index in [0.29, 0.717) is 6.04 Å². The Kier molecular flexibility index (Phi) is 3.55. The summed E-state index contributed by atoms with van der Waals surface area (Å²) >= 11 is 0. The van der Waals surface area contributed by atoms with E-state index in [9.17, 15) is 14.7 Å². The standard InChI is InChI=1S/C13H21N3O4/c17-8-6-11(12(18)19)16(7-8)13(20)14-9-3-5-15-4-1-2-10(9)15/h8-11,17H,1-7H2,(H,14,20)(H,18,19)/t8?,9?,10?,11-/m0/s1. The third kappa shape index (κ3) is 2.35. The van der Waals surface area contributed by atoms with Gasteiger partial charge in [-0.3, -0.25) is 4.90 Å². The molecule has 7 heteroatoms. The minimum Gasteiger partial charge on any atom is -0.480 e. The summed E-state index contributed by atoms with van der Waals surface area (Å²) in [4.78, 5) is 27.1. The third-order valence-electron chi connectivity index (χ3n) is 4.74. The molecule has 112 valence electrons. The Labute approximate surface area is 117 Å². The first-order valence-corrected chi connectivity index (χ1v) is 7.28. The molecule has 0 spiro atoms. The molecule has 3 fully saturated rings. The van der Waals surface area contributed by atoms with Gasteiger partial charge in [0.05, 0.1) is 6.10 Å². The zero-order valence-electron chi connectivity index (χ0n) is 11.4. The summed E-state index contributed by atoms with van der Waals surface area (Å²) in [6.45, 7) is 2.20. The van der Waals surface area contributed by atoms with Crippen molar-refractivity contribution in [3.8, 4) is 0 Å². The van der Waals surface area contributed by atoms with Crippen molar-refractivity contribution in [1.82, 2.24) is 15.1 Å². The average molecular weight is 283 g/mol. The van der Waals surface area contributed by atoms with Gasteiger partial charge in [0.15, 0.2) is 0 Å². The molecule has 3 saturated heterocycles. The van der Waals surface area contributed by atoms with E-state index in [4.69, 9.17) is 5.11 Å². The number of carboxylic acids is 1. The van der Waals surface area contributed by atoms with Crippen molar-refractivity contribution >= 4 is 12.0 Å². The summed E-state index contributed by atoms with van der Waals surface area (Å²) in [5.41, 5.74) is 0. The van der Waals surface area contributed by atoms with Gasteiger partial charge >= 0.3 is 12.0 Å². The Morgan fingerprint density at radius 2 is 2.00 bits per heavy atom. The SMILES string of the molecule is O=C(O)[C@@H]1CC(O)CN1C(=O)NC1CCN2CCCC12. The van der Waals surface area contributed by atoms with E-state index < -0.39 is 18.1 Å². The first kappa shape index (κ1) is 13.6. The number of carboxylic acid groups (broad SMARTS) is 1. The number of fused-ring (bicyclic) bond motifs is 1. The molecule has 3 N–H and O–H groups in total. The summed E-state index contributed by atoms with van der Waals surface area (Å²) in [7, 11) is 0. The number of nitrogens with zero attached hydrogens (tertiary/aromatic N) is 2. The number of carbonyl (C=O) groups excluding carboxylic acids is 1. The third-order valence-corrected chi connectivity index (χ3v) is 4.74. The zero-order chi connectivity index (χ0) is 14.3. The van der Waals surface area contributed by atoms with E-state index >= 15 is 0 Å². The number of aliphatic hydroxyl groups excluding tert-OH is 1. The molecule has 2 amide bonds. The van der Waals surface area contributed by atoms with Crippen molar-refractivity contribution in [3.05, 3.63) is 0 Å². The van der Waals surface area contributed by atoms with Gasteiger partial charge in [-0.25, -0.2) is 9.59 Å². The van der Waals surface area contributed by atoms with Crippen molar-refractivity contribution in [2.45, 2.75) is 49.9 Å².